The number of fused-ring (bicyclic) bond motifs is 1. The monoisotopic (exact) mass is 442 g/mol. The number of hydrogen-bond acceptors (Lipinski definition) is 5. The summed E-state index contributed by atoms with van der Waals surface area (Å²) < 4.78 is 28.1. The molecule has 0 saturated carbocycles. The van der Waals surface area contributed by atoms with E-state index < -0.39 is 40.0 Å². The second-order valence-corrected chi connectivity index (χ2v) is 10.4. The number of nitrogens with zero attached hydrogens (tertiary/aromatic N) is 2. The van der Waals surface area contributed by atoms with Crippen molar-refractivity contribution in [3.05, 3.63) is 53.2 Å². The van der Waals surface area contributed by atoms with Crippen LogP contribution in [0.15, 0.2) is 52.6 Å². The van der Waals surface area contributed by atoms with E-state index >= 15 is 0 Å². The molecule has 162 valence electrons. The van der Waals surface area contributed by atoms with Gasteiger partial charge in [0, 0.05) is 24.4 Å². The van der Waals surface area contributed by atoms with Crippen molar-refractivity contribution in [2.45, 2.75) is 37.4 Å². The van der Waals surface area contributed by atoms with Crippen LogP contribution in [0.1, 0.15) is 19.4 Å². The first-order chi connectivity index (χ1) is 14.6. The third-order valence-corrected chi connectivity index (χ3v) is 8.62. The number of carboxylic acids is 1. The van der Waals surface area contributed by atoms with Gasteiger partial charge in [-0.05, 0) is 29.5 Å². The smallest absolute Gasteiger partial charge is 0.352 e. The molecule has 1 amide bonds. The summed E-state index contributed by atoms with van der Waals surface area (Å²) in [4.78, 5) is 26.0. The zero-order chi connectivity index (χ0) is 22.2. The van der Waals surface area contributed by atoms with E-state index in [1.165, 1.54) is 16.1 Å². The molecule has 0 aliphatic carbocycles. The lowest BCUT2D eigenvalue weighted by molar-refractivity contribution is -0.163. The van der Waals surface area contributed by atoms with Crippen LogP contribution in [0.2, 0.25) is 0 Å². The van der Waals surface area contributed by atoms with Crippen molar-refractivity contribution in [2.24, 2.45) is 11.8 Å². The number of aliphatic hydroxyl groups is 1. The lowest BCUT2D eigenvalue weighted by Gasteiger charge is -2.46. The molecular formula is C22H22N2O6S. The van der Waals surface area contributed by atoms with Gasteiger partial charge < -0.3 is 15.1 Å². The van der Waals surface area contributed by atoms with E-state index in [9.17, 15) is 28.2 Å². The molecule has 0 bridgehead atoms. The summed E-state index contributed by atoms with van der Waals surface area (Å²) in [5.41, 5.74) is 1.09. The fourth-order valence-electron chi connectivity index (χ4n) is 5.33. The Morgan fingerprint density at radius 2 is 1.90 bits per heavy atom. The van der Waals surface area contributed by atoms with Crippen LogP contribution in [0.25, 0.3) is 10.8 Å². The van der Waals surface area contributed by atoms with Crippen molar-refractivity contribution in [1.82, 2.24) is 9.21 Å². The van der Waals surface area contributed by atoms with Crippen LogP contribution >= 0.6 is 0 Å². The second-order valence-electron chi connectivity index (χ2n) is 8.48. The molecule has 9 heteroatoms. The molecule has 3 aliphatic heterocycles. The molecule has 3 aliphatic rings. The number of β-lactam (4-membered cyclic amide) rings is 1. The van der Waals surface area contributed by atoms with E-state index in [4.69, 9.17) is 0 Å². The molecular weight excluding hydrogens is 420 g/mol. The maximum Gasteiger partial charge on any atom is 0.352 e. The Morgan fingerprint density at radius 1 is 1.23 bits per heavy atom. The van der Waals surface area contributed by atoms with Gasteiger partial charge in [0.1, 0.15) is 5.70 Å². The highest BCUT2D eigenvalue weighted by Gasteiger charge is 2.60. The number of sulfonamides is 1. The first kappa shape index (κ1) is 20.2. The van der Waals surface area contributed by atoms with Crippen LogP contribution < -0.4 is 0 Å². The van der Waals surface area contributed by atoms with Crippen molar-refractivity contribution < 1.29 is 28.2 Å². The van der Waals surface area contributed by atoms with Crippen molar-refractivity contribution >= 4 is 32.7 Å². The van der Waals surface area contributed by atoms with Crippen LogP contribution in [0.3, 0.4) is 0 Å². The van der Waals surface area contributed by atoms with E-state index in [0.717, 1.165) is 10.9 Å². The van der Waals surface area contributed by atoms with E-state index in [1.807, 2.05) is 24.3 Å². The summed E-state index contributed by atoms with van der Waals surface area (Å²) in [5.74, 6) is -2.77. The first-order valence-corrected chi connectivity index (χ1v) is 11.6. The zero-order valence-electron chi connectivity index (χ0n) is 17.0. The number of carbonyl (C=O) groups excluding carboxylic acids is 1. The van der Waals surface area contributed by atoms with Crippen LogP contribution in [0.4, 0.5) is 0 Å². The Morgan fingerprint density at radius 3 is 2.55 bits per heavy atom. The Bertz CT molecular complexity index is 1280. The molecule has 31 heavy (non-hydrogen) atoms. The zero-order valence-corrected chi connectivity index (χ0v) is 17.8. The Balaban J connectivity index is 1.57. The van der Waals surface area contributed by atoms with Crippen molar-refractivity contribution in [2.75, 3.05) is 6.54 Å². The van der Waals surface area contributed by atoms with Gasteiger partial charge in [-0.25, -0.2) is 13.2 Å². The van der Waals surface area contributed by atoms with Gasteiger partial charge >= 0.3 is 5.97 Å². The van der Waals surface area contributed by atoms with Gasteiger partial charge in [0.05, 0.1) is 23.0 Å². The number of aliphatic carboxylic acids is 1. The molecule has 8 nitrogen and oxygen atoms in total. The molecule has 0 aromatic heterocycles. The molecule has 2 N–H and O–H groups in total. The van der Waals surface area contributed by atoms with Gasteiger partial charge in [0.15, 0.2) is 0 Å². The number of benzene rings is 2. The van der Waals surface area contributed by atoms with Gasteiger partial charge in [-0.15, -0.1) is 0 Å². The summed E-state index contributed by atoms with van der Waals surface area (Å²) in [6.45, 7) is 3.30. The third kappa shape index (κ3) is 2.63. The molecule has 2 aromatic carbocycles. The van der Waals surface area contributed by atoms with E-state index in [1.54, 1.807) is 19.1 Å². The predicted octanol–water partition coefficient (Wildman–Crippen LogP) is 1.54. The van der Waals surface area contributed by atoms with E-state index in [0.29, 0.717) is 11.0 Å². The number of amides is 1. The summed E-state index contributed by atoms with van der Waals surface area (Å²) >= 11 is 0. The Hall–Kier alpha value is -2.75. The summed E-state index contributed by atoms with van der Waals surface area (Å²) in [6.07, 6.45) is -0.909. The number of carboxylic acid groups (broad SMARTS) is 1. The molecule has 1 saturated heterocycles. The summed E-state index contributed by atoms with van der Waals surface area (Å²) in [7, 11) is -3.85. The minimum absolute atomic E-state index is 0.122. The topological polar surface area (TPSA) is 115 Å². The number of aliphatic hydroxyl groups excluding tert-OH is 1. The van der Waals surface area contributed by atoms with Crippen LogP contribution in [0, 0.1) is 11.8 Å². The van der Waals surface area contributed by atoms with Crippen molar-refractivity contribution in [3.63, 3.8) is 0 Å². The number of carbonyl (C=O) groups is 2. The molecule has 2 aromatic rings. The molecule has 0 radical (unpaired) electrons. The molecule has 5 rings (SSSR count). The Kier molecular flexibility index (Phi) is 4.31. The van der Waals surface area contributed by atoms with Gasteiger partial charge in [-0.3, -0.25) is 4.79 Å². The minimum atomic E-state index is -3.85. The highest BCUT2D eigenvalue weighted by molar-refractivity contribution is 7.89. The maximum absolute atomic E-state index is 13.4. The maximum atomic E-state index is 13.4. The second kappa shape index (κ2) is 6.62. The van der Waals surface area contributed by atoms with E-state index in [2.05, 4.69) is 0 Å². The average Bonchev–Trinajstić information content (AvgIpc) is 2.94. The SMILES string of the molecule is C[C@@H](O)[C@H]1C(=O)N2C(C(=O)O)=C(CN3Cc4cccc5cccc(c45)S3(=O)=O)[C@H](C)[C@H]12. The molecule has 3 heterocycles. The predicted molar refractivity (Wildman–Crippen MR) is 111 cm³/mol. The van der Waals surface area contributed by atoms with Crippen molar-refractivity contribution in [1.29, 1.82) is 0 Å². The minimum Gasteiger partial charge on any atom is -0.477 e. The quantitative estimate of drug-likeness (QED) is 0.694. The molecule has 1 fully saturated rings. The van der Waals surface area contributed by atoms with Crippen LogP contribution in [-0.2, 0) is 26.2 Å². The van der Waals surface area contributed by atoms with Gasteiger partial charge in [0.2, 0.25) is 15.9 Å². The normalized spacial score (nSPS) is 27.9. The Labute approximate surface area is 179 Å². The molecule has 0 spiro atoms. The number of hydrogen-bond donors (Lipinski definition) is 2. The highest BCUT2D eigenvalue weighted by atomic mass is 32.2. The lowest BCUT2D eigenvalue weighted by atomic mass is 9.78. The summed E-state index contributed by atoms with van der Waals surface area (Å²) in [6, 6.07) is 10.3. The summed E-state index contributed by atoms with van der Waals surface area (Å²) in [5, 5.41) is 21.4. The van der Waals surface area contributed by atoms with E-state index in [-0.39, 0.29) is 29.6 Å². The van der Waals surface area contributed by atoms with Crippen LogP contribution in [-0.4, -0.2) is 58.4 Å². The molecule has 4 atom stereocenters. The average molecular weight is 442 g/mol. The fraction of sp³-hybridized carbons (Fsp3) is 0.364. The first-order valence-electron chi connectivity index (χ1n) is 10.1. The van der Waals surface area contributed by atoms with Crippen LogP contribution in [0.5, 0.6) is 0 Å². The fourth-order valence-corrected chi connectivity index (χ4v) is 6.98. The lowest BCUT2D eigenvalue weighted by Crippen LogP contribution is -2.63. The van der Waals surface area contributed by atoms with Gasteiger partial charge in [-0.1, -0.05) is 37.3 Å². The standard InChI is InChI=1S/C22H22N2O6S/c1-11-15(20(22(27)28)24-19(11)17(12(2)25)21(24)26)10-23-9-14-7-3-5-13-6-4-8-16(18(13)14)31(23,29)30/h3-8,11-12,17,19,25H,9-10H2,1-2H3,(H,27,28)/t11-,12+,17+,19+/m0/s1. The van der Waals surface area contributed by atoms with Gasteiger partial charge in [0.25, 0.3) is 0 Å². The largest absolute Gasteiger partial charge is 0.477 e. The van der Waals surface area contributed by atoms with Crippen molar-refractivity contribution in [3.8, 4) is 0 Å². The third-order valence-electron chi connectivity index (χ3n) is 6.78. The highest BCUT2D eigenvalue weighted by Crippen LogP contribution is 2.48. The number of rotatable bonds is 4. The van der Waals surface area contributed by atoms with Gasteiger partial charge in [-0.2, -0.15) is 4.31 Å². The molecule has 0 unspecified atom stereocenters.